The lowest BCUT2D eigenvalue weighted by molar-refractivity contribution is 0.0697. The van der Waals surface area contributed by atoms with Gasteiger partial charge in [-0.15, -0.1) is 0 Å². The Labute approximate surface area is 133 Å². The molecule has 21 heavy (non-hydrogen) atoms. The lowest BCUT2D eigenvalue weighted by atomic mass is 10.1. The van der Waals surface area contributed by atoms with E-state index in [1.54, 1.807) is 6.07 Å². The van der Waals surface area contributed by atoms with Crippen molar-refractivity contribution in [1.29, 1.82) is 0 Å². The van der Waals surface area contributed by atoms with Crippen LogP contribution in [0.3, 0.4) is 0 Å². The number of ether oxygens (including phenoxy) is 1. The SMILES string of the molecule is Cc1cc(Cl)cc(C)c1OCc1ccc(C(=O)O)cc1Cl. The molecule has 0 unspecified atom stereocenters. The summed E-state index contributed by atoms with van der Waals surface area (Å²) in [6.45, 7) is 4.11. The van der Waals surface area contributed by atoms with Crippen molar-refractivity contribution in [2.24, 2.45) is 0 Å². The molecule has 0 aliphatic rings. The molecular formula is C16H14Cl2O3. The van der Waals surface area contributed by atoms with E-state index in [1.165, 1.54) is 12.1 Å². The Bertz CT molecular complexity index is 673. The number of halogens is 2. The van der Waals surface area contributed by atoms with Crippen LogP contribution in [-0.4, -0.2) is 11.1 Å². The number of aryl methyl sites for hydroxylation is 2. The van der Waals surface area contributed by atoms with E-state index in [0.717, 1.165) is 22.4 Å². The van der Waals surface area contributed by atoms with Gasteiger partial charge in [0.25, 0.3) is 0 Å². The van der Waals surface area contributed by atoms with E-state index >= 15 is 0 Å². The third-order valence-corrected chi connectivity index (χ3v) is 3.67. The van der Waals surface area contributed by atoms with Crippen molar-refractivity contribution < 1.29 is 14.6 Å². The van der Waals surface area contributed by atoms with Crippen LogP contribution >= 0.6 is 23.2 Å². The largest absolute Gasteiger partial charge is 0.488 e. The maximum atomic E-state index is 10.9. The Morgan fingerprint density at radius 2 is 1.76 bits per heavy atom. The van der Waals surface area contributed by atoms with Crippen LogP contribution in [0.25, 0.3) is 0 Å². The summed E-state index contributed by atoms with van der Waals surface area (Å²) < 4.78 is 5.80. The van der Waals surface area contributed by atoms with Gasteiger partial charge < -0.3 is 9.84 Å². The van der Waals surface area contributed by atoms with E-state index in [1.807, 2.05) is 26.0 Å². The molecule has 0 amide bonds. The van der Waals surface area contributed by atoms with Gasteiger partial charge in [0.15, 0.2) is 0 Å². The summed E-state index contributed by atoms with van der Waals surface area (Å²) in [4.78, 5) is 10.9. The minimum Gasteiger partial charge on any atom is -0.488 e. The average Bonchev–Trinajstić information content (AvgIpc) is 2.38. The summed E-state index contributed by atoms with van der Waals surface area (Å²) >= 11 is 12.1. The predicted octanol–water partition coefficient (Wildman–Crippen LogP) is 4.89. The highest BCUT2D eigenvalue weighted by Gasteiger charge is 2.10. The van der Waals surface area contributed by atoms with Crippen LogP contribution in [0.2, 0.25) is 10.0 Å². The summed E-state index contributed by atoms with van der Waals surface area (Å²) in [6.07, 6.45) is 0. The normalized spacial score (nSPS) is 10.5. The van der Waals surface area contributed by atoms with E-state index < -0.39 is 5.97 Å². The van der Waals surface area contributed by atoms with Gasteiger partial charge in [-0.3, -0.25) is 0 Å². The Hall–Kier alpha value is -1.71. The van der Waals surface area contributed by atoms with Gasteiger partial charge in [-0.25, -0.2) is 4.79 Å². The number of carboxylic acids is 1. The van der Waals surface area contributed by atoms with Crippen molar-refractivity contribution in [1.82, 2.24) is 0 Å². The van der Waals surface area contributed by atoms with Crippen LogP contribution < -0.4 is 4.74 Å². The quantitative estimate of drug-likeness (QED) is 0.871. The first-order valence-corrected chi connectivity index (χ1v) is 7.05. The molecule has 2 rings (SSSR count). The van der Waals surface area contributed by atoms with Gasteiger partial charge >= 0.3 is 5.97 Å². The smallest absolute Gasteiger partial charge is 0.335 e. The molecule has 1 N–H and O–H groups in total. The van der Waals surface area contributed by atoms with Gasteiger partial charge in [-0.05, 0) is 49.2 Å². The highest BCUT2D eigenvalue weighted by Crippen LogP contribution is 2.28. The van der Waals surface area contributed by atoms with Crippen LogP contribution in [0.15, 0.2) is 30.3 Å². The lowest BCUT2D eigenvalue weighted by Gasteiger charge is -2.13. The van der Waals surface area contributed by atoms with Crippen LogP contribution in [0, 0.1) is 13.8 Å². The van der Waals surface area contributed by atoms with Crippen molar-refractivity contribution in [3.8, 4) is 5.75 Å². The van der Waals surface area contributed by atoms with Crippen molar-refractivity contribution in [2.75, 3.05) is 0 Å². The van der Waals surface area contributed by atoms with Crippen molar-refractivity contribution in [3.63, 3.8) is 0 Å². The van der Waals surface area contributed by atoms with Gasteiger partial charge in [0, 0.05) is 15.6 Å². The van der Waals surface area contributed by atoms with Crippen LogP contribution in [0.5, 0.6) is 5.75 Å². The monoisotopic (exact) mass is 324 g/mol. The topological polar surface area (TPSA) is 46.5 Å². The van der Waals surface area contributed by atoms with Gasteiger partial charge in [-0.1, -0.05) is 29.3 Å². The number of hydrogen-bond acceptors (Lipinski definition) is 2. The zero-order valence-electron chi connectivity index (χ0n) is 11.6. The Kier molecular flexibility index (Phi) is 4.76. The summed E-state index contributed by atoms with van der Waals surface area (Å²) in [7, 11) is 0. The van der Waals surface area contributed by atoms with Crippen LogP contribution in [-0.2, 0) is 6.61 Å². The minimum absolute atomic E-state index is 0.155. The predicted molar refractivity (Wildman–Crippen MR) is 83.7 cm³/mol. The van der Waals surface area contributed by atoms with Crippen molar-refractivity contribution >= 4 is 29.2 Å². The van der Waals surface area contributed by atoms with E-state index in [9.17, 15) is 4.79 Å². The molecular weight excluding hydrogens is 311 g/mol. The fraction of sp³-hybridized carbons (Fsp3) is 0.188. The Balaban J connectivity index is 2.19. The highest BCUT2D eigenvalue weighted by atomic mass is 35.5. The molecule has 110 valence electrons. The molecule has 2 aromatic rings. The maximum Gasteiger partial charge on any atom is 0.335 e. The summed E-state index contributed by atoms with van der Waals surface area (Å²) in [5.41, 5.74) is 2.77. The average molecular weight is 325 g/mol. The van der Waals surface area contributed by atoms with E-state index in [2.05, 4.69) is 0 Å². The molecule has 0 saturated carbocycles. The molecule has 3 nitrogen and oxygen atoms in total. The molecule has 0 aliphatic heterocycles. The van der Waals surface area contributed by atoms with Crippen molar-refractivity contribution in [2.45, 2.75) is 20.5 Å². The van der Waals surface area contributed by atoms with Crippen molar-refractivity contribution in [3.05, 3.63) is 62.6 Å². The Morgan fingerprint density at radius 3 is 2.29 bits per heavy atom. The van der Waals surface area contributed by atoms with Gasteiger partial charge in [0.1, 0.15) is 12.4 Å². The molecule has 0 aromatic heterocycles. The first-order chi connectivity index (χ1) is 9.88. The van der Waals surface area contributed by atoms with Gasteiger partial charge in [0.05, 0.1) is 5.56 Å². The van der Waals surface area contributed by atoms with Crippen LogP contribution in [0.1, 0.15) is 27.0 Å². The standard InChI is InChI=1S/C16H14Cl2O3/c1-9-5-13(17)6-10(2)15(9)21-8-12-4-3-11(16(19)20)7-14(12)18/h3-7H,8H2,1-2H3,(H,19,20). The number of carboxylic acid groups (broad SMARTS) is 1. The second-order valence-electron chi connectivity index (χ2n) is 4.77. The lowest BCUT2D eigenvalue weighted by Crippen LogP contribution is -2.02. The molecule has 0 heterocycles. The summed E-state index contributed by atoms with van der Waals surface area (Å²) in [5.74, 6) is -0.244. The zero-order valence-corrected chi connectivity index (χ0v) is 13.1. The number of hydrogen-bond donors (Lipinski definition) is 1. The summed E-state index contributed by atoms with van der Waals surface area (Å²) in [6, 6.07) is 8.25. The zero-order chi connectivity index (χ0) is 15.6. The molecule has 2 aromatic carbocycles. The molecule has 0 aliphatic carbocycles. The maximum absolute atomic E-state index is 10.9. The molecule has 0 bridgehead atoms. The number of aromatic carboxylic acids is 1. The van der Waals surface area contributed by atoms with E-state index in [0.29, 0.717) is 10.0 Å². The third-order valence-electron chi connectivity index (χ3n) is 3.10. The minimum atomic E-state index is -1.01. The molecule has 5 heteroatoms. The molecule has 0 fully saturated rings. The Morgan fingerprint density at radius 1 is 1.14 bits per heavy atom. The number of carbonyl (C=O) groups is 1. The van der Waals surface area contributed by atoms with E-state index in [4.69, 9.17) is 33.0 Å². The second kappa shape index (κ2) is 6.37. The fourth-order valence-corrected chi connectivity index (χ4v) is 2.63. The first-order valence-electron chi connectivity index (χ1n) is 6.29. The molecule has 0 radical (unpaired) electrons. The summed E-state index contributed by atoms with van der Waals surface area (Å²) in [5, 5.41) is 9.95. The number of rotatable bonds is 4. The van der Waals surface area contributed by atoms with Gasteiger partial charge in [0.2, 0.25) is 0 Å². The third kappa shape index (κ3) is 3.69. The fourth-order valence-electron chi connectivity index (χ4n) is 2.07. The highest BCUT2D eigenvalue weighted by molar-refractivity contribution is 6.31. The number of benzene rings is 2. The first kappa shape index (κ1) is 15.7. The van der Waals surface area contributed by atoms with Gasteiger partial charge in [-0.2, -0.15) is 0 Å². The van der Waals surface area contributed by atoms with Crippen LogP contribution in [0.4, 0.5) is 0 Å². The molecule has 0 atom stereocenters. The second-order valence-corrected chi connectivity index (χ2v) is 5.61. The molecule has 0 saturated heterocycles. The molecule has 0 spiro atoms. The van der Waals surface area contributed by atoms with E-state index in [-0.39, 0.29) is 12.2 Å².